The Kier molecular flexibility index (Phi) is 4.39. The molecule has 1 atom stereocenters. The van der Waals surface area contributed by atoms with E-state index in [1.807, 2.05) is 32.2 Å². The number of rotatable bonds is 3. The fourth-order valence-corrected chi connectivity index (χ4v) is 2.29. The van der Waals surface area contributed by atoms with Crippen molar-refractivity contribution in [3.63, 3.8) is 0 Å². The van der Waals surface area contributed by atoms with E-state index < -0.39 is 0 Å². The summed E-state index contributed by atoms with van der Waals surface area (Å²) in [6.07, 6.45) is 0. The summed E-state index contributed by atoms with van der Waals surface area (Å²) in [5.74, 6) is -0.0393. The molecule has 5 nitrogen and oxygen atoms in total. The van der Waals surface area contributed by atoms with Crippen LogP contribution < -0.4 is 5.32 Å². The van der Waals surface area contributed by atoms with Crippen LogP contribution in [0.3, 0.4) is 0 Å². The molecular formula is C14H20N2O3. The molecule has 0 saturated carbocycles. The third-order valence-corrected chi connectivity index (χ3v) is 3.44. The molecule has 1 amide bonds. The summed E-state index contributed by atoms with van der Waals surface area (Å²) in [5.41, 5.74) is 2.59. The molecule has 0 radical (unpaired) electrons. The Labute approximate surface area is 113 Å². The summed E-state index contributed by atoms with van der Waals surface area (Å²) < 4.78 is 5.29. The molecule has 1 fully saturated rings. The standard InChI is InChI=1S/C14H20N2O3/c1-10-7-11(15-2)3-4-13(10)14(18)16-5-6-19-9-12(16)8-17/h3-4,7,12,15,17H,5-6,8-9H2,1-2H3. The second-order valence-corrected chi connectivity index (χ2v) is 4.69. The highest BCUT2D eigenvalue weighted by atomic mass is 16.5. The molecule has 2 rings (SSSR count). The molecule has 19 heavy (non-hydrogen) atoms. The highest BCUT2D eigenvalue weighted by Crippen LogP contribution is 2.19. The van der Waals surface area contributed by atoms with Crippen molar-refractivity contribution in [2.24, 2.45) is 0 Å². The molecule has 0 aromatic heterocycles. The van der Waals surface area contributed by atoms with Crippen LogP contribution in [0.4, 0.5) is 5.69 Å². The Balaban J connectivity index is 2.23. The molecule has 5 heteroatoms. The van der Waals surface area contributed by atoms with Gasteiger partial charge in [-0.3, -0.25) is 4.79 Å². The van der Waals surface area contributed by atoms with E-state index in [1.165, 1.54) is 0 Å². The van der Waals surface area contributed by atoms with Crippen LogP contribution in [0.25, 0.3) is 0 Å². The first-order valence-electron chi connectivity index (χ1n) is 6.45. The minimum atomic E-state index is -0.246. The van der Waals surface area contributed by atoms with Crippen LogP contribution in [0.5, 0.6) is 0 Å². The van der Waals surface area contributed by atoms with Crippen LogP contribution in [0.2, 0.25) is 0 Å². The van der Waals surface area contributed by atoms with E-state index in [9.17, 15) is 9.90 Å². The van der Waals surface area contributed by atoms with E-state index in [-0.39, 0.29) is 18.6 Å². The average Bonchev–Trinajstić information content (AvgIpc) is 2.46. The number of nitrogens with one attached hydrogen (secondary N) is 1. The minimum Gasteiger partial charge on any atom is -0.394 e. The SMILES string of the molecule is CNc1ccc(C(=O)N2CCOCC2CO)c(C)c1. The lowest BCUT2D eigenvalue weighted by atomic mass is 10.1. The Morgan fingerprint density at radius 3 is 3.00 bits per heavy atom. The zero-order valence-corrected chi connectivity index (χ0v) is 11.3. The van der Waals surface area contributed by atoms with Gasteiger partial charge in [0.2, 0.25) is 0 Å². The number of morpholine rings is 1. The monoisotopic (exact) mass is 264 g/mol. The Morgan fingerprint density at radius 2 is 2.37 bits per heavy atom. The van der Waals surface area contributed by atoms with E-state index in [1.54, 1.807) is 4.90 Å². The molecule has 0 aliphatic carbocycles. The lowest BCUT2D eigenvalue weighted by Gasteiger charge is -2.34. The van der Waals surface area contributed by atoms with Crippen LogP contribution in [0.1, 0.15) is 15.9 Å². The summed E-state index contributed by atoms with van der Waals surface area (Å²) >= 11 is 0. The van der Waals surface area contributed by atoms with Crippen LogP contribution in [0.15, 0.2) is 18.2 Å². The van der Waals surface area contributed by atoms with E-state index in [0.29, 0.717) is 25.3 Å². The third-order valence-electron chi connectivity index (χ3n) is 3.44. The van der Waals surface area contributed by atoms with Gasteiger partial charge in [-0.15, -0.1) is 0 Å². The number of benzene rings is 1. The number of carbonyl (C=O) groups is 1. The Bertz CT molecular complexity index is 462. The smallest absolute Gasteiger partial charge is 0.254 e. The van der Waals surface area contributed by atoms with Gasteiger partial charge in [-0.05, 0) is 30.7 Å². The largest absolute Gasteiger partial charge is 0.394 e. The summed E-state index contributed by atoms with van der Waals surface area (Å²) in [6.45, 7) is 3.30. The van der Waals surface area contributed by atoms with Crippen molar-refractivity contribution >= 4 is 11.6 Å². The first-order chi connectivity index (χ1) is 9.17. The van der Waals surface area contributed by atoms with Gasteiger partial charge in [-0.2, -0.15) is 0 Å². The number of anilines is 1. The van der Waals surface area contributed by atoms with Gasteiger partial charge in [0.1, 0.15) is 0 Å². The zero-order chi connectivity index (χ0) is 13.8. The second kappa shape index (κ2) is 6.04. The Morgan fingerprint density at radius 1 is 1.58 bits per heavy atom. The zero-order valence-electron chi connectivity index (χ0n) is 11.3. The molecule has 0 bridgehead atoms. The van der Waals surface area contributed by atoms with Gasteiger partial charge in [-0.1, -0.05) is 0 Å². The molecule has 1 aliphatic rings. The molecule has 1 saturated heterocycles. The number of amides is 1. The maximum atomic E-state index is 12.5. The molecule has 104 valence electrons. The Hall–Kier alpha value is -1.59. The fourth-order valence-electron chi connectivity index (χ4n) is 2.29. The first-order valence-corrected chi connectivity index (χ1v) is 6.45. The van der Waals surface area contributed by atoms with Crippen molar-refractivity contribution in [1.82, 2.24) is 4.90 Å². The molecule has 1 heterocycles. The number of aryl methyl sites for hydroxylation is 1. The lowest BCUT2D eigenvalue weighted by molar-refractivity contribution is -0.0184. The summed E-state index contributed by atoms with van der Waals surface area (Å²) in [6, 6.07) is 5.41. The maximum absolute atomic E-state index is 12.5. The number of aliphatic hydroxyl groups is 1. The molecule has 1 aromatic carbocycles. The second-order valence-electron chi connectivity index (χ2n) is 4.69. The van der Waals surface area contributed by atoms with Crippen molar-refractivity contribution in [1.29, 1.82) is 0 Å². The van der Waals surface area contributed by atoms with Gasteiger partial charge in [0.05, 0.1) is 25.9 Å². The van der Waals surface area contributed by atoms with Crippen LogP contribution in [0, 0.1) is 6.92 Å². The number of aliphatic hydroxyl groups excluding tert-OH is 1. The fraction of sp³-hybridized carbons (Fsp3) is 0.500. The molecule has 1 aromatic rings. The molecule has 1 unspecified atom stereocenters. The van der Waals surface area contributed by atoms with Crippen LogP contribution >= 0.6 is 0 Å². The molecule has 2 N–H and O–H groups in total. The molecule has 0 spiro atoms. The van der Waals surface area contributed by atoms with Crippen molar-refractivity contribution in [3.8, 4) is 0 Å². The quantitative estimate of drug-likeness (QED) is 0.850. The number of nitrogens with zero attached hydrogens (tertiary/aromatic N) is 1. The van der Waals surface area contributed by atoms with Gasteiger partial charge in [0.15, 0.2) is 0 Å². The van der Waals surface area contributed by atoms with E-state index in [4.69, 9.17) is 4.74 Å². The molecule has 1 aliphatic heterocycles. The summed E-state index contributed by atoms with van der Waals surface area (Å²) in [4.78, 5) is 14.2. The molecular weight excluding hydrogens is 244 g/mol. The third kappa shape index (κ3) is 2.88. The van der Waals surface area contributed by atoms with E-state index in [2.05, 4.69) is 5.32 Å². The van der Waals surface area contributed by atoms with Gasteiger partial charge in [-0.25, -0.2) is 0 Å². The predicted molar refractivity (Wildman–Crippen MR) is 73.5 cm³/mol. The summed E-state index contributed by atoms with van der Waals surface area (Å²) in [5, 5.41) is 12.4. The van der Waals surface area contributed by atoms with Crippen molar-refractivity contribution in [3.05, 3.63) is 29.3 Å². The summed E-state index contributed by atoms with van der Waals surface area (Å²) in [7, 11) is 1.85. The number of hydrogen-bond donors (Lipinski definition) is 2. The van der Waals surface area contributed by atoms with Gasteiger partial charge >= 0.3 is 0 Å². The average molecular weight is 264 g/mol. The topological polar surface area (TPSA) is 61.8 Å². The predicted octanol–water partition coefficient (Wildman–Crippen LogP) is 0.870. The highest BCUT2D eigenvalue weighted by Gasteiger charge is 2.28. The van der Waals surface area contributed by atoms with Crippen LogP contribution in [-0.4, -0.2) is 55.4 Å². The number of ether oxygens (including phenoxy) is 1. The highest BCUT2D eigenvalue weighted by molar-refractivity contribution is 5.96. The van der Waals surface area contributed by atoms with Gasteiger partial charge < -0.3 is 20.1 Å². The number of hydrogen-bond acceptors (Lipinski definition) is 4. The van der Waals surface area contributed by atoms with Gasteiger partial charge in [0.25, 0.3) is 5.91 Å². The van der Waals surface area contributed by atoms with E-state index >= 15 is 0 Å². The minimum absolute atomic E-state index is 0.0393. The normalized spacial score (nSPS) is 19.3. The first kappa shape index (κ1) is 13.8. The van der Waals surface area contributed by atoms with Gasteiger partial charge in [0, 0.05) is 24.8 Å². The van der Waals surface area contributed by atoms with Crippen molar-refractivity contribution in [2.45, 2.75) is 13.0 Å². The van der Waals surface area contributed by atoms with E-state index in [0.717, 1.165) is 11.3 Å². The van der Waals surface area contributed by atoms with Crippen molar-refractivity contribution < 1.29 is 14.6 Å². The lowest BCUT2D eigenvalue weighted by Crippen LogP contribution is -2.50. The van der Waals surface area contributed by atoms with Crippen molar-refractivity contribution in [2.75, 3.05) is 38.7 Å². The van der Waals surface area contributed by atoms with Crippen LogP contribution in [-0.2, 0) is 4.74 Å². The number of carbonyl (C=O) groups excluding carboxylic acids is 1. The maximum Gasteiger partial charge on any atom is 0.254 e.